The maximum Gasteiger partial charge on any atom is 0.238 e. The first kappa shape index (κ1) is 27.6. The van der Waals surface area contributed by atoms with Crippen LogP contribution in [0.3, 0.4) is 0 Å². The van der Waals surface area contributed by atoms with Crippen LogP contribution in [-0.2, 0) is 5.75 Å². The summed E-state index contributed by atoms with van der Waals surface area (Å²) in [6.07, 6.45) is 12.5. The van der Waals surface area contributed by atoms with Gasteiger partial charge in [-0.3, -0.25) is 4.79 Å². The summed E-state index contributed by atoms with van der Waals surface area (Å²) in [7, 11) is 0. The highest BCUT2D eigenvalue weighted by Gasteiger charge is 2.23. The Hall–Kier alpha value is -3.00. The quantitative estimate of drug-likeness (QED) is 0.113. The van der Waals surface area contributed by atoms with Crippen LogP contribution >= 0.6 is 11.8 Å². The van der Waals surface area contributed by atoms with Gasteiger partial charge < -0.3 is 29.9 Å². The first-order valence-corrected chi connectivity index (χ1v) is 13.8. The second-order valence-electron chi connectivity index (χ2n) is 9.14. The highest BCUT2D eigenvalue weighted by atomic mass is 32.2. The topological polar surface area (TPSA) is 131 Å². The molecule has 0 aliphatic carbocycles. The molecule has 0 saturated carbocycles. The Bertz CT molecular complexity index is 1220. The summed E-state index contributed by atoms with van der Waals surface area (Å²) >= 11 is 1.60. The van der Waals surface area contributed by atoms with Gasteiger partial charge in [-0.1, -0.05) is 64.7 Å². The van der Waals surface area contributed by atoms with Crippen LogP contribution < -0.4 is 5.43 Å². The van der Waals surface area contributed by atoms with Crippen molar-refractivity contribution in [2.45, 2.75) is 76.9 Å². The Labute approximate surface area is 215 Å². The molecule has 1 aromatic heterocycles. The number of fused-ring (bicyclic) bond motifs is 1. The van der Waals surface area contributed by atoms with E-state index in [1.165, 1.54) is 63.5 Å². The molecule has 0 spiro atoms. The Morgan fingerprint density at radius 1 is 0.750 bits per heavy atom. The standard InChI is InChI=1S/C28H36O7S/c1-2-3-4-5-6-7-8-9-10-11-14-36-17-19-21(30)16-23(32)24-25(33)26(34)27(35-28(19)24)18-12-13-20(29)22(31)15-18/h12-13,15-16,29-32,34H,2-11,14,17H2,1H3. The highest BCUT2D eigenvalue weighted by Crippen LogP contribution is 2.41. The summed E-state index contributed by atoms with van der Waals surface area (Å²) < 4.78 is 5.83. The Balaban J connectivity index is 1.67. The average molecular weight is 517 g/mol. The SMILES string of the molecule is CCCCCCCCCCCCSCc1c(O)cc(O)c2c(=O)c(O)c(-c3ccc(O)c(O)c3)oc12. The van der Waals surface area contributed by atoms with Gasteiger partial charge in [0.15, 0.2) is 17.3 Å². The van der Waals surface area contributed by atoms with Crippen LogP contribution in [0, 0.1) is 0 Å². The lowest BCUT2D eigenvalue weighted by Crippen LogP contribution is -2.04. The normalized spacial score (nSPS) is 11.4. The minimum absolute atomic E-state index is 0.0200. The summed E-state index contributed by atoms with van der Waals surface area (Å²) in [6, 6.07) is 4.82. The molecule has 8 heteroatoms. The maximum absolute atomic E-state index is 12.9. The summed E-state index contributed by atoms with van der Waals surface area (Å²) in [6.45, 7) is 2.23. The van der Waals surface area contributed by atoms with Crippen molar-refractivity contribution in [3.63, 3.8) is 0 Å². The van der Waals surface area contributed by atoms with Crippen molar-refractivity contribution in [1.82, 2.24) is 0 Å². The first-order valence-electron chi connectivity index (χ1n) is 12.7. The zero-order chi connectivity index (χ0) is 26.1. The van der Waals surface area contributed by atoms with Crippen molar-refractivity contribution in [3.05, 3.63) is 40.1 Å². The number of thioether (sulfide) groups is 1. The van der Waals surface area contributed by atoms with Crippen molar-refractivity contribution in [2.24, 2.45) is 0 Å². The molecule has 0 bridgehead atoms. The minimum Gasteiger partial charge on any atom is -0.507 e. The smallest absolute Gasteiger partial charge is 0.238 e. The summed E-state index contributed by atoms with van der Waals surface area (Å²) in [5, 5.41) is 50.4. The van der Waals surface area contributed by atoms with E-state index >= 15 is 0 Å². The molecule has 5 N–H and O–H groups in total. The molecule has 0 aliphatic heterocycles. The second kappa shape index (κ2) is 13.3. The van der Waals surface area contributed by atoms with Gasteiger partial charge in [0, 0.05) is 22.9 Å². The van der Waals surface area contributed by atoms with Crippen LogP contribution in [0.5, 0.6) is 28.7 Å². The largest absolute Gasteiger partial charge is 0.507 e. The number of unbranched alkanes of at least 4 members (excludes halogenated alkanes) is 9. The molecule has 0 fully saturated rings. The zero-order valence-corrected chi connectivity index (χ0v) is 21.6. The van der Waals surface area contributed by atoms with E-state index < -0.39 is 22.7 Å². The van der Waals surface area contributed by atoms with Crippen molar-refractivity contribution >= 4 is 22.7 Å². The Kier molecular flexibility index (Phi) is 10.2. The Morgan fingerprint density at radius 2 is 1.39 bits per heavy atom. The van der Waals surface area contributed by atoms with Crippen molar-refractivity contribution < 1.29 is 29.9 Å². The van der Waals surface area contributed by atoms with E-state index in [4.69, 9.17) is 4.42 Å². The first-order chi connectivity index (χ1) is 17.3. The second-order valence-corrected chi connectivity index (χ2v) is 10.2. The van der Waals surface area contributed by atoms with E-state index in [2.05, 4.69) is 6.92 Å². The molecule has 36 heavy (non-hydrogen) atoms. The fourth-order valence-corrected chi connectivity index (χ4v) is 5.28. The minimum atomic E-state index is -0.850. The zero-order valence-electron chi connectivity index (χ0n) is 20.8. The van der Waals surface area contributed by atoms with Crippen LogP contribution in [0.4, 0.5) is 0 Å². The van der Waals surface area contributed by atoms with Gasteiger partial charge in [-0.2, -0.15) is 11.8 Å². The van der Waals surface area contributed by atoms with E-state index in [0.29, 0.717) is 11.3 Å². The summed E-state index contributed by atoms with van der Waals surface area (Å²) in [4.78, 5) is 12.9. The van der Waals surface area contributed by atoms with Crippen molar-refractivity contribution in [3.8, 4) is 40.1 Å². The monoisotopic (exact) mass is 516 g/mol. The van der Waals surface area contributed by atoms with Crippen LogP contribution in [0.25, 0.3) is 22.3 Å². The van der Waals surface area contributed by atoms with Gasteiger partial charge in [0.1, 0.15) is 22.5 Å². The molecule has 0 unspecified atom stereocenters. The predicted molar refractivity (Wildman–Crippen MR) is 144 cm³/mol. The molecule has 3 aromatic rings. The number of phenolic OH excluding ortho intramolecular Hbond substituents is 4. The van der Waals surface area contributed by atoms with Crippen LogP contribution in [0.1, 0.15) is 76.7 Å². The van der Waals surface area contributed by atoms with Gasteiger partial charge in [0.2, 0.25) is 11.2 Å². The molecule has 0 radical (unpaired) electrons. The van der Waals surface area contributed by atoms with E-state index in [1.54, 1.807) is 11.8 Å². The van der Waals surface area contributed by atoms with Crippen molar-refractivity contribution in [1.29, 1.82) is 0 Å². The lowest BCUT2D eigenvalue weighted by Gasteiger charge is -2.12. The van der Waals surface area contributed by atoms with Gasteiger partial charge in [-0.15, -0.1) is 0 Å². The van der Waals surface area contributed by atoms with Crippen LogP contribution in [0.15, 0.2) is 33.5 Å². The highest BCUT2D eigenvalue weighted by molar-refractivity contribution is 7.98. The molecule has 196 valence electrons. The van der Waals surface area contributed by atoms with Crippen LogP contribution in [-0.4, -0.2) is 31.3 Å². The third kappa shape index (κ3) is 6.81. The molecular formula is C28H36O7S. The van der Waals surface area contributed by atoms with Gasteiger partial charge in [0.25, 0.3) is 0 Å². The van der Waals surface area contributed by atoms with Gasteiger partial charge in [-0.05, 0) is 30.4 Å². The van der Waals surface area contributed by atoms with Gasteiger partial charge in [0.05, 0.1) is 0 Å². The predicted octanol–water partition coefficient (Wildman–Crippen LogP) is 7.14. The number of hydrogen-bond donors (Lipinski definition) is 5. The maximum atomic E-state index is 12.9. The molecule has 0 amide bonds. The summed E-state index contributed by atoms with van der Waals surface area (Å²) in [5.41, 5.74) is -0.361. The van der Waals surface area contributed by atoms with E-state index in [9.17, 15) is 30.3 Å². The molecule has 0 atom stereocenters. The van der Waals surface area contributed by atoms with Crippen molar-refractivity contribution in [2.75, 3.05) is 5.75 Å². The third-order valence-electron chi connectivity index (χ3n) is 6.33. The number of phenols is 4. The lowest BCUT2D eigenvalue weighted by molar-refractivity contribution is 0.403. The summed E-state index contributed by atoms with van der Waals surface area (Å²) in [5.74, 6) is -1.24. The number of hydrogen-bond acceptors (Lipinski definition) is 8. The van der Waals surface area contributed by atoms with E-state index in [-0.39, 0.29) is 33.8 Å². The third-order valence-corrected chi connectivity index (χ3v) is 7.40. The Morgan fingerprint density at radius 3 is 2.03 bits per heavy atom. The van der Waals surface area contributed by atoms with Gasteiger partial charge in [-0.25, -0.2) is 0 Å². The number of rotatable bonds is 14. The molecule has 3 rings (SSSR count). The molecule has 0 aliphatic rings. The fraction of sp³-hybridized carbons (Fsp3) is 0.464. The number of aromatic hydroxyl groups is 5. The molecule has 0 saturated heterocycles. The van der Waals surface area contributed by atoms with Crippen LogP contribution in [0.2, 0.25) is 0 Å². The van der Waals surface area contributed by atoms with Gasteiger partial charge >= 0.3 is 0 Å². The number of benzene rings is 2. The fourth-order valence-electron chi connectivity index (χ4n) is 4.24. The lowest BCUT2D eigenvalue weighted by atomic mass is 10.1. The molecular weight excluding hydrogens is 480 g/mol. The van der Waals surface area contributed by atoms with E-state index in [1.807, 2.05) is 0 Å². The molecule has 2 aromatic carbocycles. The average Bonchev–Trinajstić information content (AvgIpc) is 2.85. The van der Waals surface area contributed by atoms with E-state index in [0.717, 1.165) is 30.7 Å². The molecule has 7 nitrogen and oxygen atoms in total. The molecule has 1 heterocycles.